The van der Waals surface area contributed by atoms with Crippen molar-refractivity contribution in [2.24, 2.45) is 5.41 Å². The molecule has 0 saturated heterocycles. The lowest BCUT2D eigenvalue weighted by atomic mass is 9.75. The minimum Gasteiger partial charge on any atom is -0.115 e. The van der Waals surface area contributed by atoms with Crippen molar-refractivity contribution in [1.29, 1.82) is 0 Å². The summed E-state index contributed by atoms with van der Waals surface area (Å²) in [5, 5.41) is 0. The molecule has 0 N–H and O–H groups in total. The molecule has 0 aliphatic rings. The zero-order chi connectivity index (χ0) is 15.1. The molecule has 0 aliphatic heterocycles. The third-order valence-electron chi connectivity index (χ3n) is 4.11. The van der Waals surface area contributed by atoms with Crippen LogP contribution in [0.25, 0.3) is 0 Å². The summed E-state index contributed by atoms with van der Waals surface area (Å²) >= 11 is 0. The number of allylic oxidation sites excluding steroid dienone is 8. The molecule has 0 fully saturated rings. The minimum absolute atomic E-state index is 0.0428. The van der Waals surface area contributed by atoms with Crippen LogP contribution in [0.15, 0.2) is 59.7 Å². The number of hydrogen-bond donors (Lipinski definition) is 0. The van der Waals surface area contributed by atoms with E-state index in [4.69, 9.17) is 7.85 Å². The van der Waals surface area contributed by atoms with E-state index in [1.165, 1.54) is 16.7 Å². The van der Waals surface area contributed by atoms with Gasteiger partial charge in [-0.2, -0.15) is 0 Å². The van der Waals surface area contributed by atoms with E-state index in [-0.39, 0.29) is 5.41 Å². The molecular formula is C18H27B. The molecule has 0 rings (SSSR count). The van der Waals surface area contributed by atoms with Gasteiger partial charge in [-0.3, -0.25) is 0 Å². The van der Waals surface area contributed by atoms with E-state index in [2.05, 4.69) is 53.9 Å². The van der Waals surface area contributed by atoms with E-state index in [9.17, 15) is 0 Å². The Labute approximate surface area is 121 Å². The summed E-state index contributed by atoms with van der Waals surface area (Å²) < 4.78 is 0. The molecular weight excluding hydrogens is 227 g/mol. The zero-order valence-corrected chi connectivity index (χ0v) is 13.2. The molecule has 0 aliphatic carbocycles. The van der Waals surface area contributed by atoms with Gasteiger partial charge in [0.2, 0.25) is 0 Å². The van der Waals surface area contributed by atoms with E-state index in [1.54, 1.807) is 6.08 Å². The van der Waals surface area contributed by atoms with Gasteiger partial charge in [0.1, 0.15) is 7.85 Å². The predicted molar refractivity (Wildman–Crippen MR) is 89.4 cm³/mol. The van der Waals surface area contributed by atoms with Crippen molar-refractivity contribution in [3.8, 4) is 0 Å². The maximum atomic E-state index is 6.05. The Morgan fingerprint density at radius 3 is 2.16 bits per heavy atom. The van der Waals surface area contributed by atoms with Crippen LogP contribution in [0.2, 0.25) is 0 Å². The average Bonchev–Trinajstić information content (AvgIpc) is 2.43. The molecule has 102 valence electrons. The summed E-state index contributed by atoms with van der Waals surface area (Å²) in [6.07, 6.45) is 9.74. The molecule has 0 aromatic carbocycles. The van der Waals surface area contributed by atoms with E-state index in [1.807, 2.05) is 12.2 Å². The third-order valence-corrected chi connectivity index (χ3v) is 4.11. The maximum Gasteiger partial charge on any atom is 0.108 e. The minimum atomic E-state index is -0.0428. The molecule has 0 saturated carbocycles. The van der Waals surface area contributed by atoms with E-state index in [0.717, 1.165) is 18.3 Å². The third kappa shape index (κ3) is 4.74. The first kappa shape index (κ1) is 17.8. The highest BCUT2D eigenvalue weighted by molar-refractivity contribution is 6.22. The molecule has 0 amide bonds. The van der Waals surface area contributed by atoms with Crippen molar-refractivity contribution in [1.82, 2.24) is 0 Å². The fourth-order valence-electron chi connectivity index (χ4n) is 2.01. The molecule has 1 atom stereocenters. The molecule has 1 unspecified atom stereocenters. The van der Waals surface area contributed by atoms with Gasteiger partial charge in [0.05, 0.1) is 0 Å². The van der Waals surface area contributed by atoms with Gasteiger partial charge in [0.15, 0.2) is 0 Å². The SMILES string of the molecule is [B]/C(CC)=C(C)/C(C)=C(\C)C(C)(C=C)C/C=C\C=C. The first-order chi connectivity index (χ1) is 8.83. The van der Waals surface area contributed by atoms with Gasteiger partial charge in [0, 0.05) is 5.41 Å². The van der Waals surface area contributed by atoms with Crippen molar-refractivity contribution in [3.63, 3.8) is 0 Å². The smallest absolute Gasteiger partial charge is 0.108 e. The second-order valence-corrected chi connectivity index (χ2v) is 5.24. The molecule has 0 spiro atoms. The van der Waals surface area contributed by atoms with Crippen LogP contribution in [-0.2, 0) is 0 Å². The van der Waals surface area contributed by atoms with Crippen LogP contribution >= 0.6 is 0 Å². The Hall–Kier alpha value is -1.24. The van der Waals surface area contributed by atoms with Crippen LogP contribution in [0.4, 0.5) is 0 Å². The Balaban J connectivity index is 5.53. The van der Waals surface area contributed by atoms with Crippen molar-refractivity contribution in [2.45, 2.75) is 47.5 Å². The van der Waals surface area contributed by atoms with Crippen molar-refractivity contribution in [3.05, 3.63) is 59.7 Å². The zero-order valence-electron chi connectivity index (χ0n) is 13.2. The van der Waals surface area contributed by atoms with Crippen molar-refractivity contribution in [2.75, 3.05) is 0 Å². The van der Waals surface area contributed by atoms with Gasteiger partial charge in [-0.1, -0.05) is 55.9 Å². The highest BCUT2D eigenvalue weighted by atomic mass is 14.3. The van der Waals surface area contributed by atoms with Gasteiger partial charge in [-0.15, -0.1) is 12.1 Å². The molecule has 0 nitrogen and oxygen atoms in total. The summed E-state index contributed by atoms with van der Waals surface area (Å²) in [6.45, 7) is 18.4. The summed E-state index contributed by atoms with van der Waals surface area (Å²) in [4.78, 5) is 0. The monoisotopic (exact) mass is 254 g/mol. The lowest BCUT2D eigenvalue weighted by Crippen LogP contribution is -2.15. The number of rotatable bonds is 7. The normalized spacial score (nSPS) is 17.5. The van der Waals surface area contributed by atoms with Gasteiger partial charge < -0.3 is 0 Å². The largest absolute Gasteiger partial charge is 0.115 e. The highest BCUT2D eigenvalue weighted by Gasteiger charge is 2.23. The summed E-state index contributed by atoms with van der Waals surface area (Å²) in [7, 11) is 6.05. The second kappa shape index (κ2) is 8.04. The van der Waals surface area contributed by atoms with Crippen LogP contribution in [0.3, 0.4) is 0 Å². The lowest BCUT2D eigenvalue weighted by molar-refractivity contribution is 0.519. The van der Waals surface area contributed by atoms with Gasteiger partial charge in [-0.25, -0.2) is 0 Å². The first-order valence-corrected chi connectivity index (χ1v) is 6.88. The fraction of sp³-hybridized carbons (Fsp3) is 0.444. The van der Waals surface area contributed by atoms with Crippen LogP contribution in [0.1, 0.15) is 47.5 Å². The molecule has 19 heavy (non-hydrogen) atoms. The molecule has 0 heterocycles. The predicted octanol–water partition coefficient (Wildman–Crippen LogP) is 5.50. The quantitative estimate of drug-likeness (QED) is 0.319. The molecule has 1 heteroatoms. The Morgan fingerprint density at radius 1 is 1.16 bits per heavy atom. The van der Waals surface area contributed by atoms with Gasteiger partial charge in [-0.05, 0) is 39.2 Å². The standard InChI is InChI=1S/C18H27B/c1-8-11-12-13-18(7,10-3)16(6)14(4)15(5)17(19)9-2/h8,10-12H,1,3,9,13H2,2,4-7H3/b12-11-,16-14+,17-15+. The summed E-state index contributed by atoms with van der Waals surface area (Å²) in [6, 6.07) is 0. The fourth-order valence-corrected chi connectivity index (χ4v) is 2.01. The van der Waals surface area contributed by atoms with E-state index < -0.39 is 0 Å². The summed E-state index contributed by atoms with van der Waals surface area (Å²) in [5.74, 6) is 0. The molecule has 0 aromatic rings. The van der Waals surface area contributed by atoms with Crippen LogP contribution in [0.5, 0.6) is 0 Å². The average molecular weight is 254 g/mol. The van der Waals surface area contributed by atoms with Gasteiger partial charge in [0.25, 0.3) is 0 Å². The first-order valence-electron chi connectivity index (χ1n) is 6.88. The lowest BCUT2D eigenvalue weighted by Gasteiger charge is -2.28. The van der Waals surface area contributed by atoms with E-state index in [0.29, 0.717) is 0 Å². The van der Waals surface area contributed by atoms with Gasteiger partial charge >= 0.3 is 0 Å². The topological polar surface area (TPSA) is 0 Å². The Morgan fingerprint density at radius 2 is 1.74 bits per heavy atom. The molecule has 0 aromatic heterocycles. The van der Waals surface area contributed by atoms with E-state index >= 15 is 0 Å². The van der Waals surface area contributed by atoms with Crippen LogP contribution in [0, 0.1) is 5.41 Å². The summed E-state index contributed by atoms with van der Waals surface area (Å²) in [5.41, 5.74) is 4.71. The Kier molecular flexibility index (Phi) is 7.52. The van der Waals surface area contributed by atoms with Crippen molar-refractivity contribution < 1.29 is 0 Å². The molecule has 2 radical (unpaired) electrons. The van der Waals surface area contributed by atoms with Crippen molar-refractivity contribution >= 4 is 7.85 Å². The second-order valence-electron chi connectivity index (χ2n) is 5.24. The van der Waals surface area contributed by atoms with Crippen LogP contribution < -0.4 is 0 Å². The number of hydrogen-bond acceptors (Lipinski definition) is 0. The highest BCUT2D eigenvalue weighted by Crippen LogP contribution is 2.36. The Bertz CT molecular complexity index is 421. The van der Waals surface area contributed by atoms with Crippen LogP contribution in [-0.4, -0.2) is 7.85 Å². The molecule has 0 bridgehead atoms. The maximum absolute atomic E-state index is 6.05.